The van der Waals surface area contributed by atoms with Gasteiger partial charge in [0, 0.05) is 32.4 Å². The zero-order valence-corrected chi connectivity index (χ0v) is 20.9. The fourth-order valence-corrected chi connectivity index (χ4v) is 5.41. The largest absolute Gasteiger partial charge is 0.484 e. The van der Waals surface area contributed by atoms with Gasteiger partial charge in [-0.25, -0.2) is 17.8 Å². The van der Waals surface area contributed by atoms with E-state index in [4.69, 9.17) is 9.47 Å². The third-order valence-electron chi connectivity index (χ3n) is 5.22. The van der Waals surface area contributed by atoms with Crippen molar-refractivity contribution in [3.8, 4) is 5.75 Å². The number of aromatic nitrogens is 1. The second-order valence-corrected chi connectivity index (χ2v) is 10.6. The van der Waals surface area contributed by atoms with Crippen LogP contribution in [-0.4, -0.2) is 76.5 Å². The van der Waals surface area contributed by atoms with Crippen molar-refractivity contribution in [2.24, 2.45) is 0 Å². The highest BCUT2D eigenvalue weighted by atomic mass is 35.5. The molecule has 1 fully saturated rings. The molecule has 1 aromatic heterocycles. The van der Waals surface area contributed by atoms with E-state index in [0.717, 1.165) is 19.3 Å². The van der Waals surface area contributed by atoms with Crippen LogP contribution in [-0.2, 0) is 19.4 Å². The number of thiazole rings is 1. The molecular weight excluding hydrogens is 505 g/mol. The predicted octanol–water partition coefficient (Wildman–Crippen LogP) is 3.00. The molecule has 34 heavy (non-hydrogen) atoms. The third-order valence-corrected chi connectivity index (χ3v) is 7.39. The first-order valence-electron chi connectivity index (χ1n) is 10.4. The molecule has 0 aliphatic carbocycles. The summed E-state index contributed by atoms with van der Waals surface area (Å²) >= 11 is 1.26. The quantitative estimate of drug-likeness (QED) is 0.443. The molecule has 3 aromatic rings. The molecule has 1 aliphatic rings. The van der Waals surface area contributed by atoms with E-state index >= 15 is 0 Å². The molecule has 0 bridgehead atoms. The number of carbonyl (C=O) groups is 1. The lowest BCUT2D eigenvalue weighted by molar-refractivity contribution is -0.120. The van der Waals surface area contributed by atoms with E-state index in [1.807, 2.05) is 0 Å². The van der Waals surface area contributed by atoms with Gasteiger partial charge in [-0.15, -0.1) is 12.4 Å². The van der Waals surface area contributed by atoms with Crippen LogP contribution in [0.3, 0.4) is 0 Å². The lowest BCUT2D eigenvalue weighted by Crippen LogP contribution is -2.44. The van der Waals surface area contributed by atoms with Crippen LogP contribution < -0.4 is 9.64 Å². The Bertz CT molecular complexity index is 1230. The second-order valence-electron chi connectivity index (χ2n) is 7.61. The van der Waals surface area contributed by atoms with E-state index in [1.165, 1.54) is 46.6 Å². The number of amides is 1. The van der Waals surface area contributed by atoms with E-state index in [2.05, 4.69) is 9.88 Å². The van der Waals surface area contributed by atoms with E-state index in [1.54, 1.807) is 12.1 Å². The number of carbonyl (C=O) groups excluding carboxylic acids is 1. The molecule has 0 N–H and O–H groups in total. The Labute approximate surface area is 207 Å². The van der Waals surface area contributed by atoms with E-state index in [-0.39, 0.29) is 29.8 Å². The summed E-state index contributed by atoms with van der Waals surface area (Å²) in [6.07, 6.45) is 1.14. The van der Waals surface area contributed by atoms with Crippen molar-refractivity contribution < 1.29 is 27.1 Å². The molecule has 0 saturated carbocycles. The maximum Gasteiger partial charge on any atom is 0.266 e. The van der Waals surface area contributed by atoms with Crippen molar-refractivity contribution in [1.82, 2.24) is 9.88 Å². The van der Waals surface area contributed by atoms with Crippen LogP contribution in [0.2, 0.25) is 0 Å². The molecule has 0 unspecified atom stereocenters. The molecule has 2 heterocycles. The molecular formula is C22H25ClFN3O5S2. The van der Waals surface area contributed by atoms with Crippen LogP contribution in [0.5, 0.6) is 5.75 Å². The van der Waals surface area contributed by atoms with Crippen molar-refractivity contribution in [1.29, 1.82) is 0 Å². The molecule has 2 aromatic carbocycles. The topological polar surface area (TPSA) is 89.0 Å². The van der Waals surface area contributed by atoms with E-state index in [9.17, 15) is 17.6 Å². The summed E-state index contributed by atoms with van der Waals surface area (Å²) in [5.74, 6) is -0.342. The first-order chi connectivity index (χ1) is 15.8. The van der Waals surface area contributed by atoms with Gasteiger partial charge in [0.15, 0.2) is 21.6 Å². The summed E-state index contributed by atoms with van der Waals surface area (Å²) in [6.45, 7) is 3.53. The smallest absolute Gasteiger partial charge is 0.266 e. The Morgan fingerprint density at radius 1 is 1.21 bits per heavy atom. The van der Waals surface area contributed by atoms with Gasteiger partial charge in [0.2, 0.25) is 0 Å². The van der Waals surface area contributed by atoms with Crippen LogP contribution in [0.15, 0.2) is 47.4 Å². The van der Waals surface area contributed by atoms with Gasteiger partial charge in [-0.1, -0.05) is 17.4 Å². The van der Waals surface area contributed by atoms with Gasteiger partial charge >= 0.3 is 0 Å². The molecule has 1 aliphatic heterocycles. The van der Waals surface area contributed by atoms with Gasteiger partial charge in [0.05, 0.1) is 22.8 Å². The van der Waals surface area contributed by atoms with Crippen molar-refractivity contribution >= 4 is 54.8 Å². The number of nitrogens with zero attached hydrogens (tertiary/aromatic N) is 3. The summed E-state index contributed by atoms with van der Waals surface area (Å²) in [4.78, 5) is 21.5. The van der Waals surface area contributed by atoms with Gasteiger partial charge in [-0.05, 0) is 36.4 Å². The molecule has 1 saturated heterocycles. The van der Waals surface area contributed by atoms with Gasteiger partial charge in [-0.2, -0.15) is 0 Å². The molecule has 184 valence electrons. The number of hydrogen-bond acceptors (Lipinski definition) is 8. The zero-order chi connectivity index (χ0) is 23.4. The number of para-hydroxylation sites is 1. The van der Waals surface area contributed by atoms with Gasteiger partial charge in [0.25, 0.3) is 5.91 Å². The normalized spacial score (nSPS) is 14.5. The first kappa shape index (κ1) is 26.3. The Morgan fingerprint density at radius 2 is 1.91 bits per heavy atom. The Morgan fingerprint density at radius 3 is 2.59 bits per heavy atom. The van der Waals surface area contributed by atoms with E-state index < -0.39 is 15.7 Å². The number of hydrogen-bond donors (Lipinski definition) is 0. The predicted molar refractivity (Wildman–Crippen MR) is 131 cm³/mol. The Balaban J connectivity index is 0.00000324. The zero-order valence-electron chi connectivity index (χ0n) is 18.5. The highest BCUT2D eigenvalue weighted by molar-refractivity contribution is 7.91. The average molecular weight is 530 g/mol. The fraction of sp³-hybridized carbons (Fsp3) is 0.364. The third kappa shape index (κ3) is 6.42. The number of halogens is 2. The van der Waals surface area contributed by atoms with E-state index in [0.29, 0.717) is 47.4 Å². The SMILES string of the molecule is CS(=O)(=O)c1cccc2sc(N(CCN3CCOCC3)C(=O)COc3ccc(F)cc3)nc12.Cl. The average Bonchev–Trinajstić information content (AvgIpc) is 3.22. The molecule has 8 nitrogen and oxygen atoms in total. The minimum atomic E-state index is -3.48. The van der Waals surface area contributed by atoms with Crippen molar-refractivity contribution in [2.75, 3.05) is 57.2 Å². The van der Waals surface area contributed by atoms with Crippen LogP contribution in [0.4, 0.5) is 9.52 Å². The van der Waals surface area contributed by atoms with Gasteiger partial charge < -0.3 is 9.47 Å². The molecule has 0 spiro atoms. The second kappa shape index (κ2) is 11.4. The molecule has 4 rings (SSSR count). The molecule has 12 heteroatoms. The standard InChI is InChI=1S/C22H24FN3O5S2.ClH/c1-33(28,29)19-4-2-3-18-21(19)24-22(32-18)26(10-9-25-11-13-30-14-12-25)20(27)15-31-17-7-5-16(23)6-8-17;/h2-8H,9-15H2,1H3;1H. The highest BCUT2D eigenvalue weighted by Gasteiger charge is 2.24. The minimum Gasteiger partial charge on any atom is -0.484 e. The number of morpholine rings is 1. The number of rotatable bonds is 8. The van der Waals surface area contributed by atoms with Crippen LogP contribution in [0.1, 0.15) is 0 Å². The van der Waals surface area contributed by atoms with Crippen LogP contribution in [0.25, 0.3) is 10.2 Å². The number of benzene rings is 2. The van der Waals surface area contributed by atoms with Gasteiger partial charge in [0.1, 0.15) is 17.1 Å². The summed E-state index contributed by atoms with van der Waals surface area (Å²) in [7, 11) is -3.48. The van der Waals surface area contributed by atoms with Crippen LogP contribution >= 0.6 is 23.7 Å². The lowest BCUT2D eigenvalue weighted by atomic mass is 10.3. The molecule has 1 amide bonds. The first-order valence-corrected chi connectivity index (χ1v) is 13.1. The molecule has 0 atom stereocenters. The maximum atomic E-state index is 13.1. The summed E-state index contributed by atoms with van der Waals surface area (Å²) in [5.41, 5.74) is 0.351. The van der Waals surface area contributed by atoms with Crippen molar-refractivity contribution in [2.45, 2.75) is 4.90 Å². The number of sulfone groups is 1. The lowest BCUT2D eigenvalue weighted by Gasteiger charge is -2.29. The number of fused-ring (bicyclic) bond motifs is 1. The fourth-order valence-electron chi connectivity index (χ4n) is 3.47. The van der Waals surface area contributed by atoms with Crippen LogP contribution in [0, 0.1) is 5.82 Å². The number of ether oxygens (including phenoxy) is 2. The minimum absolute atomic E-state index is 0. The van der Waals surface area contributed by atoms with Crippen molar-refractivity contribution in [3.05, 3.63) is 48.3 Å². The number of anilines is 1. The summed E-state index contributed by atoms with van der Waals surface area (Å²) in [5, 5.41) is 0.405. The monoisotopic (exact) mass is 529 g/mol. The summed E-state index contributed by atoms with van der Waals surface area (Å²) in [6, 6.07) is 10.4. The molecule has 0 radical (unpaired) electrons. The maximum absolute atomic E-state index is 13.1. The Kier molecular flexibility index (Phi) is 8.83. The Hall–Kier alpha value is -2.31. The van der Waals surface area contributed by atoms with Crippen molar-refractivity contribution in [3.63, 3.8) is 0 Å². The van der Waals surface area contributed by atoms with Gasteiger partial charge in [-0.3, -0.25) is 14.6 Å². The summed E-state index contributed by atoms with van der Waals surface area (Å²) < 4.78 is 49.1. The highest BCUT2D eigenvalue weighted by Crippen LogP contribution is 2.32.